The molecule has 0 spiro atoms. The summed E-state index contributed by atoms with van der Waals surface area (Å²) in [6.07, 6.45) is -3.65. The van der Waals surface area contributed by atoms with Crippen LogP contribution in [-0.2, 0) is 11.7 Å². The largest absolute Gasteiger partial charge is 0.451 e. The first-order valence-corrected chi connectivity index (χ1v) is 6.12. The van der Waals surface area contributed by atoms with Crippen molar-refractivity contribution in [1.82, 2.24) is 25.4 Å². The van der Waals surface area contributed by atoms with Gasteiger partial charge in [0.05, 0.1) is 5.54 Å². The monoisotopic (exact) mass is 315 g/mol. The smallest absolute Gasteiger partial charge is 0.343 e. The fraction of sp³-hybridized carbons (Fsp3) is 0.417. The van der Waals surface area contributed by atoms with Gasteiger partial charge in [0.15, 0.2) is 5.82 Å². The summed E-state index contributed by atoms with van der Waals surface area (Å²) in [5, 5.41) is 6.09. The van der Waals surface area contributed by atoms with Crippen molar-refractivity contribution in [3.05, 3.63) is 35.5 Å². The van der Waals surface area contributed by atoms with Gasteiger partial charge in [0.2, 0.25) is 12.2 Å². The van der Waals surface area contributed by atoms with Crippen LogP contribution in [0.4, 0.5) is 13.2 Å². The van der Waals surface area contributed by atoms with E-state index in [1.54, 1.807) is 13.8 Å². The van der Waals surface area contributed by atoms with Gasteiger partial charge in [-0.3, -0.25) is 4.79 Å². The molecule has 0 aliphatic carbocycles. The van der Waals surface area contributed by atoms with E-state index in [1.165, 1.54) is 6.92 Å². The van der Waals surface area contributed by atoms with E-state index in [-0.39, 0.29) is 11.5 Å². The molecule has 0 aliphatic rings. The van der Waals surface area contributed by atoms with Crippen molar-refractivity contribution in [3.8, 4) is 0 Å². The lowest BCUT2D eigenvalue weighted by Gasteiger charge is -2.22. The first-order chi connectivity index (χ1) is 10.1. The van der Waals surface area contributed by atoms with Crippen LogP contribution in [0.25, 0.3) is 0 Å². The molecule has 10 heteroatoms. The van der Waals surface area contributed by atoms with E-state index in [9.17, 15) is 18.0 Å². The molecule has 0 atom stereocenters. The number of halogens is 3. The summed E-state index contributed by atoms with van der Waals surface area (Å²) in [6, 6.07) is 1.16. The number of nitrogens with one attached hydrogen (secondary N) is 1. The Morgan fingerprint density at radius 3 is 2.45 bits per heavy atom. The Morgan fingerprint density at radius 2 is 1.91 bits per heavy atom. The summed E-state index contributed by atoms with van der Waals surface area (Å²) in [5.41, 5.74) is -1.40. The summed E-state index contributed by atoms with van der Waals surface area (Å²) in [6.45, 7) is 4.50. The highest BCUT2D eigenvalue weighted by molar-refractivity contribution is 5.92. The normalized spacial score (nSPS) is 12.3. The lowest BCUT2D eigenvalue weighted by atomic mass is 10.0. The molecule has 0 saturated carbocycles. The summed E-state index contributed by atoms with van der Waals surface area (Å²) < 4.78 is 42.6. The maximum atomic E-state index is 12.7. The molecule has 0 aliphatic heterocycles. The Kier molecular flexibility index (Phi) is 3.86. The van der Waals surface area contributed by atoms with Crippen molar-refractivity contribution < 1.29 is 22.5 Å². The van der Waals surface area contributed by atoms with Gasteiger partial charge in [-0.25, -0.2) is 9.97 Å². The van der Waals surface area contributed by atoms with Crippen LogP contribution in [0, 0.1) is 6.92 Å². The van der Waals surface area contributed by atoms with Gasteiger partial charge in [-0.1, -0.05) is 5.16 Å². The van der Waals surface area contributed by atoms with Crippen LogP contribution >= 0.6 is 0 Å². The average molecular weight is 315 g/mol. The molecule has 0 unspecified atom stereocenters. The van der Waals surface area contributed by atoms with E-state index in [0.29, 0.717) is 0 Å². The molecule has 22 heavy (non-hydrogen) atoms. The number of carbonyl (C=O) groups is 1. The maximum absolute atomic E-state index is 12.7. The predicted molar refractivity (Wildman–Crippen MR) is 66.6 cm³/mol. The van der Waals surface area contributed by atoms with Crippen molar-refractivity contribution >= 4 is 5.91 Å². The molecule has 2 heterocycles. The van der Waals surface area contributed by atoms with Gasteiger partial charge in [0, 0.05) is 5.69 Å². The van der Waals surface area contributed by atoms with E-state index in [0.717, 1.165) is 12.5 Å². The molecule has 2 aromatic heterocycles. The van der Waals surface area contributed by atoms with Crippen molar-refractivity contribution in [2.45, 2.75) is 32.5 Å². The van der Waals surface area contributed by atoms with Gasteiger partial charge in [0.1, 0.15) is 5.69 Å². The van der Waals surface area contributed by atoms with Gasteiger partial charge >= 0.3 is 6.18 Å². The fourth-order valence-corrected chi connectivity index (χ4v) is 1.66. The zero-order chi connectivity index (χ0) is 16.5. The topological polar surface area (TPSA) is 93.8 Å². The van der Waals surface area contributed by atoms with Crippen LogP contribution in [0.3, 0.4) is 0 Å². The van der Waals surface area contributed by atoms with Crippen LogP contribution in [0.5, 0.6) is 0 Å². The van der Waals surface area contributed by atoms with Gasteiger partial charge in [-0.05, 0) is 26.8 Å². The molecule has 7 nitrogen and oxygen atoms in total. The van der Waals surface area contributed by atoms with Crippen molar-refractivity contribution in [2.24, 2.45) is 0 Å². The van der Waals surface area contributed by atoms with Gasteiger partial charge < -0.3 is 9.84 Å². The molecule has 118 valence electrons. The highest BCUT2D eigenvalue weighted by Crippen LogP contribution is 2.26. The van der Waals surface area contributed by atoms with E-state index < -0.39 is 29.1 Å². The lowest BCUT2D eigenvalue weighted by Crippen LogP contribution is -2.42. The molecular formula is C12H12F3N5O2. The Morgan fingerprint density at radius 1 is 1.23 bits per heavy atom. The molecule has 0 aromatic carbocycles. The first kappa shape index (κ1) is 15.9. The quantitative estimate of drug-likeness (QED) is 0.929. The maximum Gasteiger partial charge on any atom is 0.451 e. The Labute approximate surface area is 123 Å². The molecule has 1 amide bonds. The van der Waals surface area contributed by atoms with Crippen LogP contribution in [0.1, 0.15) is 41.7 Å². The van der Waals surface area contributed by atoms with Crippen molar-refractivity contribution in [1.29, 1.82) is 0 Å². The minimum atomic E-state index is -4.73. The number of alkyl halides is 3. The number of amides is 1. The van der Waals surface area contributed by atoms with Crippen molar-refractivity contribution in [3.63, 3.8) is 0 Å². The average Bonchev–Trinajstić information content (AvgIpc) is 2.91. The van der Waals surface area contributed by atoms with Crippen LogP contribution < -0.4 is 5.32 Å². The molecule has 0 bridgehead atoms. The van der Waals surface area contributed by atoms with Crippen molar-refractivity contribution in [2.75, 3.05) is 0 Å². The first-order valence-electron chi connectivity index (χ1n) is 6.12. The zero-order valence-electron chi connectivity index (χ0n) is 11.9. The minimum absolute atomic E-state index is 0.0323. The van der Waals surface area contributed by atoms with Gasteiger partial charge in [-0.15, -0.1) is 0 Å². The Bertz CT molecular complexity index is 683. The van der Waals surface area contributed by atoms with Crippen LogP contribution in [0.15, 0.2) is 17.0 Å². The standard InChI is InChI=1S/C12H12F3N5O2/c1-6-4-7(18-10(17-6)12(13,14)15)8(21)19-11(2,3)9-16-5-22-20-9/h4-5H,1-3H3,(H,19,21). The lowest BCUT2D eigenvalue weighted by molar-refractivity contribution is -0.145. The second-order valence-corrected chi connectivity index (χ2v) is 5.05. The fourth-order valence-electron chi connectivity index (χ4n) is 1.66. The van der Waals surface area contributed by atoms with E-state index >= 15 is 0 Å². The third kappa shape index (κ3) is 3.38. The second kappa shape index (κ2) is 5.35. The molecule has 0 radical (unpaired) electrons. The number of nitrogens with zero attached hydrogens (tertiary/aromatic N) is 4. The zero-order valence-corrected chi connectivity index (χ0v) is 11.9. The molecule has 2 rings (SSSR count). The number of hydrogen-bond donors (Lipinski definition) is 1. The summed E-state index contributed by atoms with van der Waals surface area (Å²) in [7, 11) is 0. The SMILES string of the molecule is Cc1cc(C(=O)NC(C)(C)c2ncon2)nc(C(F)(F)F)n1. The van der Waals surface area contributed by atoms with Crippen LogP contribution in [0.2, 0.25) is 0 Å². The predicted octanol–water partition coefficient (Wildman–Crippen LogP) is 1.85. The Balaban J connectivity index is 2.29. The molecule has 1 N–H and O–H groups in total. The Hall–Kier alpha value is -2.52. The number of aryl methyl sites for hydroxylation is 1. The summed E-state index contributed by atoms with van der Waals surface area (Å²) in [4.78, 5) is 22.5. The molecule has 2 aromatic rings. The number of aromatic nitrogens is 4. The number of rotatable bonds is 3. The van der Waals surface area contributed by atoms with Gasteiger partial charge in [-0.2, -0.15) is 18.2 Å². The highest BCUT2D eigenvalue weighted by atomic mass is 19.4. The van der Waals surface area contributed by atoms with E-state index in [2.05, 4.69) is 29.9 Å². The minimum Gasteiger partial charge on any atom is -0.343 e. The van der Waals surface area contributed by atoms with Gasteiger partial charge in [0.25, 0.3) is 5.91 Å². The summed E-state index contributed by atoms with van der Waals surface area (Å²) in [5.74, 6) is -1.98. The highest BCUT2D eigenvalue weighted by Gasteiger charge is 2.36. The molecular weight excluding hydrogens is 303 g/mol. The second-order valence-electron chi connectivity index (χ2n) is 5.05. The van der Waals surface area contributed by atoms with Crippen LogP contribution in [-0.4, -0.2) is 26.0 Å². The van der Waals surface area contributed by atoms with E-state index in [1.807, 2.05) is 0 Å². The third-order valence-corrected chi connectivity index (χ3v) is 2.69. The number of hydrogen-bond acceptors (Lipinski definition) is 6. The number of carbonyl (C=O) groups excluding carboxylic acids is 1. The molecule has 0 fully saturated rings. The molecule has 0 saturated heterocycles. The summed E-state index contributed by atoms with van der Waals surface area (Å²) >= 11 is 0. The third-order valence-electron chi connectivity index (χ3n) is 2.69. The van der Waals surface area contributed by atoms with E-state index in [4.69, 9.17) is 0 Å².